The van der Waals surface area contributed by atoms with E-state index >= 15 is 0 Å². The van der Waals surface area contributed by atoms with Crippen LogP contribution in [0.3, 0.4) is 0 Å². The highest BCUT2D eigenvalue weighted by molar-refractivity contribution is 6.05. The second-order valence-electron chi connectivity index (χ2n) is 18.1. The minimum Gasteiger partial charge on any atom is -0.457 e. The number of benzene rings is 12. The van der Waals surface area contributed by atoms with Crippen LogP contribution in [0.15, 0.2) is 297 Å². The van der Waals surface area contributed by atoms with Crippen molar-refractivity contribution >= 4 is 67.3 Å². The third-order valence-corrected chi connectivity index (χ3v) is 13.3. The van der Waals surface area contributed by atoms with Crippen LogP contribution in [-0.2, 0) is 0 Å². The van der Waals surface area contributed by atoms with Gasteiger partial charge in [0.25, 0.3) is 0 Å². The maximum absolute atomic E-state index is 6.20. The number of anilines is 6. The summed E-state index contributed by atoms with van der Waals surface area (Å²) < 4.78 is 12.4. The third-order valence-electron chi connectivity index (χ3n) is 13.3. The van der Waals surface area contributed by atoms with E-state index in [2.05, 4.69) is 228 Å². The van der Waals surface area contributed by atoms with E-state index in [-0.39, 0.29) is 0 Å². The van der Waals surface area contributed by atoms with E-state index in [1.807, 2.05) is 84.9 Å². The first-order valence-corrected chi connectivity index (χ1v) is 25.0. The highest BCUT2D eigenvalue weighted by Crippen LogP contribution is 2.43. The van der Waals surface area contributed by atoms with Gasteiger partial charge in [-0.1, -0.05) is 188 Å². The molecule has 352 valence electrons. The van der Waals surface area contributed by atoms with Gasteiger partial charge in [-0.25, -0.2) is 0 Å². The molecule has 0 amide bonds. The lowest BCUT2D eigenvalue weighted by Crippen LogP contribution is -2.11. The molecule has 4 heteroatoms. The van der Waals surface area contributed by atoms with E-state index in [1.54, 1.807) is 0 Å². The number of nitrogens with zero attached hydrogens (tertiary/aromatic N) is 2. The van der Waals surface area contributed by atoms with Crippen molar-refractivity contribution in [2.24, 2.45) is 0 Å². The first-order valence-electron chi connectivity index (χ1n) is 25.0. The molecule has 12 aromatic carbocycles. The van der Waals surface area contributed by atoms with Crippen LogP contribution in [0.2, 0.25) is 0 Å². The molecule has 0 saturated carbocycles. The van der Waals surface area contributed by atoms with Crippen molar-refractivity contribution < 1.29 is 9.47 Å². The first kappa shape index (κ1) is 45.3. The van der Waals surface area contributed by atoms with Crippen LogP contribution < -0.4 is 19.3 Å². The van der Waals surface area contributed by atoms with Crippen molar-refractivity contribution in [3.05, 3.63) is 314 Å². The molecule has 0 radical (unpaired) electrons. The third kappa shape index (κ3) is 9.76. The van der Waals surface area contributed by atoms with Gasteiger partial charge in [0, 0.05) is 33.5 Å². The van der Waals surface area contributed by atoms with E-state index in [0.717, 1.165) is 90.5 Å². The Hall–Kier alpha value is -9.90. The smallest absolute Gasteiger partial charge is 0.127 e. The van der Waals surface area contributed by atoms with Crippen LogP contribution in [-0.4, -0.2) is 0 Å². The van der Waals surface area contributed by atoms with Gasteiger partial charge in [0.15, 0.2) is 0 Å². The van der Waals surface area contributed by atoms with Crippen LogP contribution in [0, 0.1) is 0 Å². The van der Waals surface area contributed by atoms with Gasteiger partial charge in [-0.3, -0.25) is 0 Å². The monoisotopic (exact) mass is 950 g/mol. The summed E-state index contributed by atoms with van der Waals surface area (Å²) in [6, 6.07) is 104. The molecule has 0 heterocycles. The van der Waals surface area contributed by atoms with Gasteiger partial charge in [0.1, 0.15) is 23.0 Å². The summed E-state index contributed by atoms with van der Waals surface area (Å²) in [7, 11) is 0. The van der Waals surface area contributed by atoms with Crippen molar-refractivity contribution in [3.63, 3.8) is 0 Å². The molecule has 12 rings (SSSR count). The molecule has 12 aromatic rings. The van der Waals surface area contributed by atoms with Crippen molar-refractivity contribution in [1.29, 1.82) is 0 Å². The van der Waals surface area contributed by atoms with Crippen LogP contribution in [0.4, 0.5) is 34.1 Å². The van der Waals surface area contributed by atoms with E-state index in [4.69, 9.17) is 9.47 Å². The summed E-state index contributed by atoms with van der Waals surface area (Å²) in [5.74, 6) is 3.11. The number of fused-ring (bicyclic) bond motifs is 2. The van der Waals surface area contributed by atoms with E-state index in [0.29, 0.717) is 0 Å². The standard InChI is InChI=1S/C70H50N2O2/c1-4-18-56(19-5-1)68(50-51-17-14-24-61(49-51)71(58-41-45-64(46-42-58)73-62-25-6-2-7-26-62)59-43-47-65(48-44-59)74-63-27-8-3-9-28-63)57-35-33-52(34-36-57)53-37-39-60(40-38-53)72(69-31-15-22-54-20-10-12-29-66(54)69)70-32-16-23-55-21-11-13-30-67(55)70/h1-50H. The van der Waals surface area contributed by atoms with Gasteiger partial charge in [-0.2, -0.15) is 0 Å². The normalized spacial score (nSPS) is 11.3. The molecule has 0 fully saturated rings. The highest BCUT2D eigenvalue weighted by atomic mass is 16.5. The van der Waals surface area contributed by atoms with Crippen LogP contribution in [0.25, 0.3) is 44.3 Å². The van der Waals surface area contributed by atoms with Crippen molar-refractivity contribution in [3.8, 4) is 34.1 Å². The Bertz CT molecular complexity index is 3680. The maximum atomic E-state index is 6.20. The fourth-order valence-electron chi connectivity index (χ4n) is 9.75. The van der Waals surface area contributed by atoms with Crippen molar-refractivity contribution in [2.75, 3.05) is 9.80 Å². The molecule has 0 aliphatic carbocycles. The lowest BCUT2D eigenvalue weighted by Gasteiger charge is -2.28. The number of hydrogen-bond donors (Lipinski definition) is 0. The lowest BCUT2D eigenvalue weighted by atomic mass is 9.93. The Balaban J connectivity index is 0.871. The Labute approximate surface area is 432 Å². The number of hydrogen-bond acceptors (Lipinski definition) is 4. The Morgan fingerprint density at radius 1 is 0.284 bits per heavy atom. The molecule has 0 atom stereocenters. The van der Waals surface area contributed by atoms with Gasteiger partial charge in [0.05, 0.1) is 11.4 Å². The molecule has 74 heavy (non-hydrogen) atoms. The molecule has 0 N–H and O–H groups in total. The molecule has 0 spiro atoms. The van der Waals surface area contributed by atoms with Gasteiger partial charge in [0.2, 0.25) is 0 Å². The molecule has 0 saturated heterocycles. The molecule has 0 bridgehead atoms. The van der Waals surface area contributed by atoms with Gasteiger partial charge in [-0.15, -0.1) is 0 Å². The average Bonchev–Trinajstić information content (AvgIpc) is 3.47. The zero-order valence-electron chi connectivity index (χ0n) is 40.6. The van der Waals surface area contributed by atoms with Gasteiger partial charge >= 0.3 is 0 Å². The molecular weight excluding hydrogens is 901 g/mol. The molecule has 4 nitrogen and oxygen atoms in total. The molecular formula is C70H50N2O2. The lowest BCUT2D eigenvalue weighted by molar-refractivity contribution is 0.482. The highest BCUT2D eigenvalue weighted by Gasteiger charge is 2.19. The fraction of sp³-hybridized carbons (Fsp3) is 0. The van der Waals surface area contributed by atoms with E-state index in [1.165, 1.54) is 21.5 Å². The fourth-order valence-corrected chi connectivity index (χ4v) is 9.75. The maximum Gasteiger partial charge on any atom is 0.127 e. The van der Waals surface area contributed by atoms with Gasteiger partial charge < -0.3 is 19.3 Å². The quantitative estimate of drug-likeness (QED) is 0.101. The zero-order chi connectivity index (χ0) is 49.5. The molecule has 0 aliphatic heterocycles. The van der Waals surface area contributed by atoms with Crippen LogP contribution >= 0.6 is 0 Å². The van der Waals surface area contributed by atoms with Crippen molar-refractivity contribution in [2.45, 2.75) is 0 Å². The Morgan fingerprint density at radius 2 is 0.676 bits per heavy atom. The summed E-state index contributed by atoms with van der Waals surface area (Å²) >= 11 is 0. The number of rotatable bonds is 14. The molecule has 0 aliphatic rings. The number of para-hydroxylation sites is 2. The second-order valence-corrected chi connectivity index (χ2v) is 18.1. The number of ether oxygens (including phenoxy) is 2. The largest absolute Gasteiger partial charge is 0.457 e. The predicted octanol–water partition coefficient (Wildman–Crippen LogP) is 19.8. The SMILES string of the molecule is C(=C(c1ccccc1)c1ccc(-c2ccc(N(c3cccc4ccccc34)c3cccc4ccccc34)cc2)cc1)c1cccc(N(c2ccc(Oc3ccccc3)cc2)c2ccc(Oc3ccccc3)cc2)c1. The molecule has 0 unspecified atom stereocenters. The Morgan fingerprint density at radius 3 is 1.20 bits per heavy atom. The summed E-state index contributed by atoms with van der Waals surface area (Å²) in [5, 5.41) is 4.82. The van der Waals surface area contributed by atoms with Gasteiger partial charge in [-0.05, 0) is 159 Å². The summed E-state index contributed by atoms with van der Waals surface area (Å²) in [4.78, 5) is 4.67. The van der Waals surface area contributed by atoms with E-state index in [9.17, 15) is 0 Å². The topological polar surface area (TPSA) is 24.9 Å². The summed E-state index contributed by atoms with van der Waals surface area (Å²) in [6.07, 6.45) is 2.30. The first-order chi connectivity index (χ1) is 36.7. The van der Waals surface area contributed by atoms with E-state index < -0.39 is 0 Å². The summed E-state index contributed by atoms with van der Waals surface area (Å²) in [5.41, 5.74) is 13.1. The zero-order valence-corrected chi connectivity index (χ0v) is 40.6. The van der Waals surface area contributed by atoms with Crippen LogP contribution in [0.5, 0.6) is 23.0 Å². The van der Waals surface area contributed by atoms with Crippen LogP contribution in [0.1, 0.15) is 16.7 Å². The second kappa shape index (κ2) is 20.8. The minimum atomic E-state index is 0.763. The predicted molar refractivity (Wildman–Crippen MR) is 309 cm³/mol. The molecule has 0 aromatic heterocycles. The minimum absolute atomic E-state index is 0.763. The summed E-state index contributed by atoms with van der Waals surface area (Å²) in [6.45, 7) is 0. The van der Waals surface area contributed by atoms with Crippen molar-refractivity contribution in [1.82, 2.24) is 0 Å². The average molecular weight is 951 g/mol. The Kier molecular flexibility index (Phi) is 12.7.